The van der Waals surface area contributed by atoms with Gasteiger partial charge in [-0.1, -0.05) is 0 Å². The van der Waals surface area contributed by atoms with Crippen LogP contribution in [0.25, 0.3) is 0 Å². The van der Waals surface area contributed by atoms with Gasteiger partial charge in [0.1, 0.15) is 0 Å². The van der Waals surface area contributed by atoms with Crippen LogP contribution in [0.5, 0.6) is 0 Å². The van der Waals surface area contributed by atoms with Gasteiger partial charge in [0, 0.05) is 0 Å². The Balaban J connectivity index is 2.10. The third-order valence-electron chi connectivity index (χ3n) is 3.26. The van der Waals surface area contributed by atoms with Gasteiger partial charge < -0.3 is 0 Å². The molecule has 0 spiro atoms. The second-order valence-electron chi connectivity index (χ2n) is 5.49. The van der Waals surface area contributed by atoms with Crippen LogP contribution in [-0.4, -0.2) is 92.8 Å². The van der Waals surface area contributed by atoms with Crippen molar-refractivity contribution in [2.45, 2.75) is 31.5 Å². The van der Waals surface area contributed by atoms with Crippen molar-refractivity contribution in [1.82, 2.24) is 4.90 Å². The molecule has 12 heteroatoms. The van der Waals surface area contributed by atoms with Gasteiger partial charge in [0.15, 0.2) is 0 Å². The average molecular weight is 380 g/mol. The van der Waals surface area contributed by atoms with Gasteiger partial charge in [-0.25, -0.2) is 0 Å². The quantitative estimate of drug-likeness (QED) is 0.348. The molecule has 4 atom stereocenters. The SMILES string of the molecule is CC1=N/C(=S)C/N=C\N([C@@H]2O[C@H](CO[PH](C)(O)O)[C@H](O)C2O)\C=N\1. The zero-order valence-electron chi connectivity index (χ0n) is 13.2. The Morgan fingerprint density at radius 2 is 2.08 bits per heavy atom. The van der Waals surface area contributed by atoms with Crippen LogP contribution in [0, 0.1) is 0 Å². The number of nitrogens with zero attached hydrogens (tertiary/aromatic N) is 4. The van der Waals surface area contributed by atoms with Crippen LogP contribution in [0.3, 0.4) is 0 Å². The van der Waals surface area contributed by atoms with E-state index < -0.39 is 32.5 Å². The first-order valence-corrected chi connectivity index (χ1v) is 9.88. The molecule has 2 heterocycles. The van der Waals surface area contributed by atoms with E-state index in [0.29, 0.717) is 10.8 Å². The number of amidine groups is 1. The van der Waals surface area contributed by atoms with Gasteiger partial charge in [0.25, 0.3) is 0 Å². The molecule has 0 amide bonds. The van der Waals surface area contributed by atoms with Gasteiger partial charge >= 0.3 is 144 Å². The summed E-state index contributed by atoms with van der Waals surface area (Å²) in [6.45, 7) is 2.74. The molecule has 4 N–H and O–H groups in total. The maximum absolute atomic E-state index is 10.2. The second-order valence-corrected chi connectivity index (χ2v) is 8.12. The van der Waals surface area contributed by atoms with E-state index in [2.05, 4.69) is 15.0 Å². The summed E-state index contributed by atoms with van der Waals surface area (Å²) < 4.78 is 10.5. The Bertz CT molecular complexity index is 566. The zero-order valence-corrected chi connectivity index (χ0v) is 15.0. The van der Waals surface area contributed by atoms with Crippen LogP contribution in [0.2, 0.25) is 0 Å². The summed E-state index contributed by atoms with van der Waals surface area (Å²) in [6.07, 6.45) is -1.70. The average Bonchev–Trinajstić information content (AvgIpc) is 2.79. The number of aliphatic hydroxyl groups is 2. The number of ether oxygens (including phenoxy) is 1. The molecule has 2 aliphatic rings. The number of rotatable bonds is 4. The third kappa shape index (κ3) is 5.30. The zero-order chi connectivity index (χ0) is 17.9. The Kier molecular flexibility index (Phi) is 6.46. The number of hydrogen-bond acceptors (Lipinski definition) is 10. The molecule has 2 rings (SSSR count). The monoisotopic (exact) mass is 380 g/mol. The van der Waals surface area contributed by atoms with E-state index in [4.69, 9.17) is 21.5 Å². The summed E-state index contributed by atoms with van der Waals surface area (Å²) in [5, 5.41) is 20.3. The molecular formula is C12H21N4O6PS. The van der Waals surface area contributed by atoms with Gasteiger partial charge in [-0.3, -0.25) is 0 Å². The second kappa shape index (κ2) is 7.98. The molecule has 1 unspecified atom stereocenters. The molecule has 0 aliphatic carbocycles. The summed E-state index contributed by atoms with van der Waals surface area (Å²) in [6, 6.07) is 0. The molecule has 24 heavy (non-hydrogen) atoms. The predicted molar refractivity (Wildman–Crippen MR) is 94.7 cm³/mol. The fourth-order valence-electron chi connectivity index (χ4n) is 2.12. The molecule has 0 aromatic carbocycles. The van der Waals surface area contributed by atoms with Crippen molar-refractivity contribution < 1.29 is 29.3 Å². The molecule has 0 saturated carbocycles. The molecule has 136 valence electrons. The Hall–Kier alpha value is -0.910. The van der Waals surface area contributed by atoms with Crippen molar-refractivity contribution in [3.8, 4) is 0 Å². The van der Waals surface area contributed by atoms with E-state index in [1.54, 1.807) is 6.92 Å². The van der Waals surface area contributed by atoms with E-state index in [1.807, 2.05) is 0 Å². The van der Waals surface area contributed by atoms with Crippen molar-refractivity contribution in [2.75, 3.05) is 19.8 Å². The number of hydrogen-bond donors (Lipinski definition) is 4. The summed E-state index contributed by atoms with van der Waals surface area (Å²) in [4.78, 5) is 32.6. The maximum atomic E-state index is 10.2. The number of aliphatic imine (C=N–C) groups is 3. The van der Waals surface area contributed by atoms with Crippen molar-refractivity contribution in [2.24, 2.45) is 15.0 Å². The van der Waals surface area contributed by atoms with Crippen LogP contribution in [-0.2, 0) is 9.26 Å². The van der Waals surface area contributed by atoms with Gasteiger partial charge in [0.05, 0.1) is 0 Å². The summed E-state index contributed by atoms with van der Waals surface area (Å²) in [7, 11) is -3.75. The van der Waals surface area contributed by atoms with Crippen molar-refractivity contribution in [3.05, 3.63) is 0 Å². The summed E-state index contributed by atoms with van der Waals surface area (Å²) >= 11 is 5.02. The van der Waals surface area contributed by atoms with E-state index in [0.717, 1.165) is 6.66 Å². The Labute approximate surface area is 144 Å². The summed E-state index contributed by atoms with van der Waals surface area (Å²) in [5.41, 5.74) is 0. The predicted octanol–water partition coefficient (Wildman–Crippen LogP) is -1.32. The molecule has 10 nitrogen and oxygen atoms in total. The van der Waals surface area contributed by atoms with Crippen molar-refractivity contribution >= 4 is 43.7 Å². The van der Waals surface area contributed by atoms with Gasteiger partial charge in [-0.15, -0.1) is 0 Å². The van der Waals surface area contributed by atoms with E-state index in [1.165, 1.54) is 17.6 Å². The first-order chi connectivity index (χ1) is 11.2. The molecule has 1 saturated heterocycles. The Morgan fingerprint density at radius 1 is 1.38 bits per heavy atom. The fraction of sp³-hybridized carbons (Fsp3) is 0.667. The van der Waals surface area contributed by atoms with Crippen LogP contribution < -0.4 is 0 Å². The molecule has 2 aliphatic heterocycles. The van der Waals surface area contributed by atoms with E-state index >= 15 is 0 Å². The van der Waals surface area contributed by atoms with Crippen LogP contribution >= 0.6 is 20.2 Å². The molecule has 0 aromatic rings. The normalized spacial score (nSPS) is 37.2. The van der Waals surface area contributed by atoms with Crippen LogP contribution in [0.1, 0.15) is 6.92 Å². The number of thiocarbonyl (C=S) groups is 1. The standard InChI is InChI=1S/C12H21N4O6PS/c1-7-14-6-16(5-13-3-9(24)15-7)12-11(18)10(17)8(22-12)4-21-23(2,19)20/h5-6,8,10-12,17-20,23H,3-4H2,1-2H3/b13-5-,14-6+,15-7-/t8-,10+,11?,12-/m1/s1. The minimum atomic E-state index is -3.75. The van der Waals surface area contributed by atoms with Gasteiger partial charge in [-0.05, 0) is 0 Å². The van der Waals surface area contributed by atoms with E-state index in [-0.39, 0.29) is 13.2 Å². The molecule has 1 fully saturated rings. The molecule has 0 aromatic heterocycles. The first kappa shape index (κ1) is 19.4. The van der Waals surface area contributed by atoms with Crippen molar-refractivity contribution in [3.63, 3.8) is 0 Å². The van der Waals surface area contributed by atoms with Crippen LogP contribution in [0.4, 0.5) is 0 Å². The molecule has 0 radical (unpaired) electrons. The molecule has 0 bridgehead atoms. The topological polar surface area (TPSA) is 140 Å². The Morgan fingerprint density at radius 3 is 2.75 bits per heavy atom. The van der Waals surface area contributed by atoms with E-state index in [9.17, 15) is 20.0 Å². The van der Waals surface area contributed by atoms with Gasteiger partial charge in [-0.2, -0.15) is 0 Å². The number of aliphatic hydroxyl groups excluding tert-OH is 2. The summed E-state index contributed by atoms with van der Waals surface area (Å²) in [5.74, 6) is 0.422. The van der Waals surface area contributed by atoms with Crippen molar-refractivity contribution in [1.29, 1.82) is 0 Å². The van der Waals surface area contributed by atoms with Crippen LogP contribution in [0.15, 0.2) is 15.0 Å². The fourth-order valence-corrected chi connectivity index (χ4v) is 2.81. The molecular weight excluding hydrogens is 359 g/mol. The third-order valence-corrected chi connectivity index (χ3v) is 4.19. The minimum absolute atomic E-state index is 0.184. The first-order valence-electron chi connectivity index (χ1n) is 7.17. The van der Waals surface area contributed by atoms with Gasteiger partial charge in [0.2, 0.25) is 0 Å².